The maximum absolute atomic E-state index is 11.8. The summed E-state index contributed by atoms with van der Waals surface area (Å²) in [6.07, 6.45) is 4.45. The van der Waals surface area contributed by atoms with E-state index >= 15 is 0 Å². The first kappa shape index (κ1) is 11.6. The molecule has 1 aliphatic heterocycles. The molecule has 2 fully saturated rings. The summed E-state index contributed by atoms with van der Waals surface area (Å²) >= 11 is 0. The number of carbonyl (C=O) groups is 1. The van der Waals surface area contributed by atoms with Gasteiger partial charge in [-0.3, -0.25) is 4.79 Å². The number of carbonyl (C=O) groups excluding carboxylic acids is 1. The highest BCUT2D eigenvalue weighted by Crippen LogP contribution is 2.44. The van der Waals surface area contributed by atoms with Crippen molar-refractivity contribution in [1.29, 1.82) is 0 Å². The Kier molecular flexibility index (Phi) is 2.81. The van der Waals surface area contributed by atoms with Crippen molar-refractivity contribution in [2.45, 2.75) is 38.6 Å². The van der Waals surface area contributed by atoms with Crippen LogP contribution in [0.3, 0.4) is 0 Å². The summed E-state index contributed by atoms with van der Waals surface area (Å²) in [6, 6.07) is 0.111. The second kappa shape index (κ2) is 4.35. The van der Waals surface area contributed by atoms with E-state index in [2.05, 4.69) is 27.7 Å². The number of aromatic nitrogens is 2. The standard InChI is InChI=1S/C12H18N4O2/c1-12(4-5-12)7-14-10(17)9-15-11(18-16-9)8-3-2-6-13-8/h8,13H,2-7H2,1H3,(H,14,17). The van der Waals surface area contributed by atoms with Gasteiger partial charge in [0, 0.05) is 6.54 Å². The van der Waals surface area contributed by atoms with Gasteiger partial charge >= 0.3 is 0 Å². The number of hydrogen-bond acceptors (Lipinski definition) is 5. The van der Waals surface area contributed by atoms with Crippen LogP contribution in [0.15, 0.2) is 4.52 Å². The number of amides is 1. The maximum atomic E-state index is 11.8. The highest BCUT2D eigenvalue weighted by molar-refractivity contribution is 5.90. The van der Waals surface area contributed by atoms with Crippen LogP contribution in [0.2, 0.25) is 0 Å². The summed E-state index contributed by atoms with van der Waals surface area (Å²) in [5.41, 5.74) is 0.287. The van der Waals surface area contributed by atoms with Crippen molar-refractivity contribution < 1.29 is 9.32 Å². The van der Waals surface area contributed by atoms with E-state index in [0.29, 0.717) is 12.4 Å². The Morgan fingerprint density at radius 2 is 2.44 bits per heavy atom. The highest BCUT2D eigenvalue weighted by atomic mass is 16.5. The molecular weight excluding hydrogens is 232 g/mol. The number of nitrogens with zero attached hydrogens (tertiary/aromatic N) is 2. The largest absolute Gasteiger partial charge is 0.349 e. The molecule has 0 radical (unpaired) electrons. The maximum Gasteiger partial charge on any atom is 0.292 e. The van der Waals surface area contributed by atoms with E-state index in [1.807, 2.05) is 0 Å². The van der Waals surface area contributed by atoms with Crippen molar-refractivity contribution in [2.75, 3.05) is 13.1 Å². The lowest BCUT2D eigenvalue weighted by Gasteiger charge is -2.07. The molecule has 1 aliphatic carbocycles. The summed E-state index contributed by atoms with van der Waals surface area (Å²) in [6.45, 7) is 3.82. The Bertz CT molecular complexity index is 447. The minimum atomic E-state index is -0.240. The first-order valence-corrected chi connectivity index (χ1v) is 6.52. The number of hydrogen-bond donors (Lipinski definition) is 2. The van der Waals surface area contributed by atoms with Gasteiger partial charge < -0.3 is 15.2 Å². The van der Waals surface area contributed by atoms with Crippen molar-refractivity contribution in [2.24, 2.45) is 5.41 Å². The molecule has 3 rings (SSSR count). The third kappa shape index (κ3) is 2.38. The van der Waals surface area contributed by atoms with Gasteiger partial charge in [0.25, 0.3) is 11.7 Å². The summed E-state index contributed by atoms with van der Waals surface area (Å²) in [4.78, 5) is 16.0. The first-order valence-electron chi connectivity index (χ1n) is 6.52. The zero-order valence-electron chi connectivity index (χ0n) is 10.5. The lowest BCUT2D eigenvalue weighted by Crippen LogP contribution is -2.29. The molecule has 0 spiro atoms. The van der Waals surface area contributed by atoms with Crippen molar-refractivity contribution in [1.82, 2.24) is 20.8 Å². The minimum absolute atomic E-state index is 0.111. The van der Waals surface area contributed by atoms with Crippen molar-refractivity contribution in [3.63, 3.8) is 0 Å². The second-order valence-corrected chi connectivity index (χ2v) is 5.60. The van der Waals surface area contributed by atoms with E-state index in [0.717, 1.165) is 19.4 Å². The SMILES string of the molecule is CC1(CNC(=O)c2noc(C3CCCN3)n2)CC1. The minimum Gasteiger partial charge on any atom is -0.349 e. The summed E-state index contributed by atoms with van der Waals surface area (Å²) in [5, 5.41) is 9.87. The van der Waals surface area contributed by atoms with Gasteiger partial charge in [-0.1, -0.05) is 12.1 Å². The molecule has 1 amide bonds. The van der Waals surface area contributed by atoms with Crippen molar-refractivity contribution in [3.8, 4) is 0 Å². The molecule has 1 saturated carbocycles. The molecule has 1 atom stereocenters. The predicted molar refractivity (Wildman–Crippen MR) is 63.9 cm³/mol. The van der Waals surface area contributed by atoms with Crippen LogP contribution < -0.4 is 10.6 Å². The van der Waals surface area contributed by atoms with Gasteiger partial charge in [-0.25, -0.2) is 0 Å². The molecular formula is C12H18N4O2. The van der Waals surface area contributed by atoms with Gasteiger partial charge in [0.1, 0.15) is 0 Å². The Labute approximate surface area is 106 Å². The number of nitrogens with one attached hydrogen (secondary N) is 2. The lowest BCUT2D eigenvalue weighted by atomic mass is 10.1. The highest BCUT2D eigenvalue weighted by Gasteiger charge is 2.37. The molecule has 2 N–H and O–H groups in total. The van der Waals surface area contributed by atoms with Crippen LogP contribution in [0, 0.1) is 5.41 Å². The Balaban J connectivity index is 1.59. The molecule has 6 nitrogen and oxygen atoms in total. The van der Waals surface area contributed by atoms with Crippen LogP contribution in [0.25, 0.3) is 0 Å². The fourth-order valence-electron chi connectivity index (χ4n) is 2.13. The van der Waals surface area contributed by atoms with Crippen LogP contribution in [0.1, 0.15) is 55.2 Å². The van der Waals surface area contributed by atoms with Gasteiger partial charge in [0.2, 0.25) is 5.89 Å². The van der Waals surface area contributed by atoms with Crippen molar-refractivity contribution >= 4 is 5.91 Å². The van der Waals surface area contributed by atoms with Crippen LogP contribution in [-0.2, 0) is 0 Å². The average Bonchev–Trinajstić information content (AvgIpc) is 2.85. The summed E-state index contributed by atoms with van der Waals surface area (Å²) in [5.74, 6) is 0.425. The molecule has 2 aliphatic rings. The molecule has 1 unspecified atom stereocenters. The fraction of sp³-hybridized carbons (Fsp3) is 0.750. The van der Waals surface area contributed by atoms with E-state index in [9.17, 15) is 4.79 Å². The molecule has 0 aromatic carbocycles. The van der Waals surface area contributed by atoms with Crippen LogP contribution in [-0.4, -0.2) is 29.1 Å². The Hall–Kier alpha value is -1.43. The van der Waals surface area contributed by atoms with Gasteiger partial charge in [-0.05, 0) is 37.6 Å². The van der Waals surface area contributed by atoms with E-state index in [4.69, 9.17) is 4.52 Å². The third-order valence-electron chi connectivity index (χ3n) is 3.78. The topological polar surface area (TPSA) is 80.0 Å². The average molecular weight is 250 g/mol. The van der Waals surface area contributed by atoms with Gasteiger partial charge in [-0.2, -0.15) is 4.98 Å². The van der Waals surface area contributed by atoms with E-state index in [1.165, 1.54) is 12.8 Å². The number of rotatable bonds is 4. The molecule has 2 heterocycles. The monoisotopic (exact) mass is 250 g/mol. The zero-order chi connectivity index (χ0) is 12.6. The van der Waals surface area contributed by atoms with E-state index in [1.54, 1.807) is 0 Å². The summed E-state index contributed by atoms with van der Waals surface area (Å²) in [7, 11) is 0. The molecule has 1 saturated heterocycles. The Morgan fingerprint density at radius 3 is 3.11 bits per heavy atom. The third-order valence-corrected chi connectivity index (χ3v) is 3.78. The molecule has 6 heteroatoms. The summed E-state index contributed by atoms with van der Waals surface area (Å²) < 4.78 is 5.13. The molecule has 98 valence electrons. The lowest BCUT2D eigenvalue weighted by molar-refractivity contribution is 0.0932. The van der Waals surface area contributed by atoms with Crippen LogP contribution >= 0.6 is 0 Å². The van der Waals surface area contributed by atoms with Crippen molar-refractivity contribution in [3.05, 3.63) is 11.7 Å². The van der Waals surface area contributed by atoms with E-state index < -0.39 is 0 Å². The molecule has 0 bridgehead atoms. The fourth-order valence-corrected chi connectivity index (χ4v) is 2.13. The quantitative estimate of drug-likeness (QED) is 0.834. The normalized spacial score (nSPS) is 25.1. The van der Waals surface area contributed by atoms with E-state index in [-0.39, 0.29) is 23.2 Å². The van der Waals surface area contributed by atoms with Crippen LogP contribution in [0.4, 0.5) is 0 Å². The smallest absolute Gasteiger partial charge is 0.292 e. The zero-order valence-corrected chi connectivity index (χ0v) is 10.5. The van der Waals surface area contributed by atoms with Gasteiger partial charge in [0.15, 0.2) is 0 Å². The molecule has 1 aromatic heterocycles. The van der Waals surface area contributed by atoms with Crippen LogP contribution in [0.5, 0.6) is 0 Å². The molecule has 18 heavy (non-hydrogen) atoms. The second-order valence-electron chi connectivity index (χ2n) is 5.60. The van der Waals surface area contributed by atoms with Gasteiger partial charge in [-0.15, -0.1) is 0 Å². The van der Waals surface area contributed by atoms with Gasteiger partial charge in [0.05, 0.1) is 6.04 Å². The molecule has 1 aromatic rings. The first-order chi connectivity index (χ1) is 8.66. The Morgan fingerprint density at radius 1 is 1.61 bits per heavy atom. The predicted octanol–water partition coefficient (Wildman–Crippen LogP) is 1.02.